The molecule has 0 saturated carbocycles. The summed E-state index contributed by atoms with van der Waals surface area (Å²) in [6.45, 7) is 8.06. The first-order valence-corrected chi connectivity index (χ1v) is 10.8. The van der Waals surface area contributed by atoms with Crippen LogP contribution in [0, 0.1) is 5.92 Å². The minimum Gasteiger partial charge on any atom is -0.352 e. The topological polar surface area (TPSA) is 32.3 Å². The fourth-order valence-electron chi connectivity index (χ4n) is 4.14. The summed E-state index contributed by atoms with van der Waals surface area (Å²) < 4.78 is 0. The molecule has 0 aromatic heterocycles. The zero-order valence-corrected chi connectivity index (χ0v) is 17.4. The van der Waals surface area contributed by atoms with E-state index in [9.17, 15) is 4.79 Å². The molecule has 2 aromatic rings. The molecule has 1 amide bonds. The standard InChI is InChI=1S/C25H34N2O/c1-3-5-15-27-18-23(22-13-11-20(4-2)12-14-22)16-24(19-27)25(28)26-17-21-9-7-6-8-10-21/h6-14,23-24H,3-5,15-19H2,1-2H3,(H,26,28). The highest BCUT2D eigenvalue weighted by atomic mass is 16.1. The summed E-state index contributed by atoms with van der Waals surface area (Å²) in [5.41, 5.74) is 3.90. The van der Waals surface area contributed by atoms with Gasteiger partial charge in [-0.1, -0.05) is 74.9 Å². The largest absolute Gasteiger partial charge is 0.352 e. The summed E-state index contributed by atoms with van der Waals surface area (Å²) in [5, 5.41) is 3.17. The van der Waals surface area contributed by atoms with Gasteiger partial charge >= 0.3 is 0 Å². The maximum absolute atomic E-state index is 12.9. The maximum Gasteiger partial charge on any atom is 0.224 e. The highest BCUT2D eigenvalue weighted by molar-refractivity contribution is 5.79. The van der Waals surface area contributed by atoms with Crippen molar-refractivity contribution in [2.45, 2.75) is 52.0 Å². The lowest BCUT2D eigenvalue weighted by atomic mass is 9.83. The molecule has 0 bridgehead atoms. The lowest BCUT2D eigenvalue weighted by molar-refractivity contribution is -0.127. The van der Waals surface area contributed by atoms with Crippen LogP contribution in [-0.2, 0) is 17.8 Å². The smallest absolute Gasteiger partial charge is 0.224 e. The first-order valence-electron chi connectivity index (χ1n) is 10.8. The predicted molar refractivity (Wildman–Crippen MR) is 116 cm³/mol. The molecule has 0 radical (unpaired) electrons. The van der Waals surface area contributed by atoms with Crippen LogP contribution in [0.3, 0.4) is 0 Å². The van der Waals surface area contributed by atoms with E-state index < -0.39 is 0 Å². The second kappa shape index (κ2) is 10.4. The molecule has 1 aliphatic heterocycles. The third-order valence-corrected chi connectivity index (χ3v) is 5.89. The molecule has 1 saturated heterocycles. The average Bonchev–Trinajstić information content (AvgIpc) is 2.76. The van der Waals surface area contributed by atoms with E-state index in [4.69, 9.17) is 0 Å². The van der Waals surface area contributed by atoms with Crippen LogP contribution in [0.5, 0.6) is 0 Å². The molecular formula is C25H34N2O. The Morgan fingerprint density at radius 3 is 2.43 bits per heavy atom. The van der Waals surface area contributed by atoms with Crippen LogP contribution < -0.4 is 5.32 Å². The van der Waals surface area contributed by atoms with E-state index in [1.165, 1.54) is 24.0 Å². The molecule has 3 heteroatoms. The van der Waals surface area contributed by atoms with Gasteiger partial charge in [0.25, 0.3) is 0 Å². The van der Waals surface area contributed by atoms with Crippen molar-refractivity contribution in [2.75, 3.05) is 19.6 Å². The van der Waals surface area contributed by atoms with E-state index in [1.807, 2.05) is 18.2 Å². The van der Waals surface area contributed by atoms with Gasteiger partial charge in [0.05, 0.1) is 5.92 Å². The third-order valence-electron chi connectivity index (χ3n) is 5.89. The van der Waals surface area contributed by atoms with Gasteiger partial charge in [-0.25, -0.2) is 0 Å². The Labute approximate surface area is 170 Å². The molecule has 1 N–H and O–H groups in total. The van der Waals surface area contributed by atoms with Gasteiger partial charge in [0.15, 0.2) is 0 Å². The summed E-state index contributed by atoms with van der Waals surface area (Å²) in [6.07, 6.45) is 4.39. The van der Waals surface area contributed by atoms with Crippen molar-refractivity contribution in [2.24, 2.45) is 5.92 Å². The number of hydrogen-bond donors (Lipinski definition) is 1. The number of hydrogen-bond acceptors (Lipinski definition) is 2. The Hall–Kier alpha value is -2.13. The number of carbonyl (C=O) groups excluding carboxylic acids is 1. The number of nitrogens with zero attached hydrogens (tertiary/aromatic N) is 1. The number of nitrogens with one attached hydrogen (secondary N) is 1. The second-order valence-corrected chi connectivity index (χ2v) is 8.04. The second-order valence-electron chi connectivity index (χ2n) is 8.04. The van der Waals surface area contributed by atoms with E-state index in [2.05, 4.69) is 60.5 Å². The summed E-state index contributed by atoms with van der Waals surface area (Å²) >= 11 is 0. The van der Waals surface area contributed by atoms with Crippen molar-refractivity contribution in [3.63, 3.8) is 0 Å². The van der Waals surface area contributed by atoms with Crippen molar-refractivity contribution in [3.05, 3.63) is 71.3 Å². The number of benzene rings is 2. The molecule has 2 aromatic carbocycles. The highest BCUT2D eigenvalue weighted by Gasteiger charge is 2.32. The molecule has 150 valence electrons. The van der Waals surface area contributed by atoms with Crippen LogP contribution in [0.25, 0.3) is 0 Å². The van der Waals surface area contributed by atoms with Crippen molar-refractivity contribution >= 4 is 5.91 Å². The number of carbonyl (C=O) groups is 1. The van der Waals surface area contributed by atoms with E-state index >= 15 is 0 Å². The van der Waals surface area contributed by atoms with Gasteiger partial charge in [-0.15, -0.1) is 0 Å². The Balaban J connectivity index is 1.66. The number of aryl methyl sites for hydroxylation is 1. The van der Waals surface area contributed by atoms with E-state index in [0.717, 1.165) is 38.0 Å². The first-order chi connectivity index (χ1) is 13.7. The number of likely N-dealkylation sites (tertiary alicyclic amines) is 1. The molecule has 1 aliphatic rings. The van der Waals surface area contributed by atoms with Gasteiger partial charge in [0.2, 0.25) is 5.91 Å². The van der Waals surface area contributed by atoms with Crippen molar-refractivity contribution < 1.29 is 4.79 Å². The van der Waals surface area contributed by atoms with Gasteiger partial charge < -0.3 is 10.2 Å². The Morgan fingerprint density at radius 2 is 1.75 bits per heavy atom. The molecular weight excluding hydrogens is 344 g/mol. The number of rotatable bonds is 8. The fourth-order valence-corrected chi connectivity index (χ4v) is 4.14. The number of amides is 1. The molecule has 28 heavy (non-hydrogen) atoms. The normalized spacial score (nSPS) is 20.1. The summed E-state index contributed by atoms with van der Waals surface area (Å²) in [5.74, 6) is 0.689. The zero-order valence-electron chi connectivity index (χ0n) is 17.4. The lowest BCUT2D eigenvalue weighted by Crippen LogP contribution is -2.45. The molecule has 2 atom stereocenters. The summed E-state index contributed by atoms with van der Waals surface area (Å²) in [7, 11) is 0. The van der Waals surface area contributed by atoms with Crippen LogP contribution in [0.2, 0.25) is 0 Å². The van der Waals surface area contributed by atoms with Crippen LogP contribution in [0.4, 0.5) is 0 Å². The van der Waals surface area contributed by atoms with Gasteiger partial charge in [-0.3, -0.25) is 4.79 Å². The van der Waals surface area contributed by atoms with Crippen molar-refractivity contribution in [3.8, 4) is 0 Å². The van der Waals surface area contributed by atoms with Gasteiger partial charge in [-0.05, 0) is 48.4 Å². The first kappa shape index (κ1) is 20.6. The Morgan fingerprint density at radius 1 is 1.00 bits per heavy atom. The third kappa shape index (κ3) is 5.68. The highest BCUT2D eigenvalue weighted by Crippen LogP contribution is 2.31. The predicted octanol–water partition coefficient (Wildman–Crippen LogP) is 4.77. The van der Waals surface area contributed by atoms with Gasteiger partial charge in [0, 0.05) is 19.6 Å². The van der Waals surface area contributed by atoms with Crippen LogP contribution in [0.1, 0.15) is 55.7 Å². The molecule has 1 heterocycles. The van der Waals surface area contributed by atoms with E-state index in [1.54, 1.807) is 0 Å². The van der Waals surface area contributed by atoms with Gasteiger partial charge in [-0.2, -0.15) is 0 Å². The fraction of sp³-hybridized carbons (Fsp3) is 0.480. The monoisotopic (exact) mass is 378 g/mol. The van der Waals surface area contributed by atoms with E-state index in [-0.39, 0.29) is 11.8 Å². The maximum atomic E-state index is 12.9. The molecule has 2 unspecified atom stereocenters. The van der Waals surface area contributed by atoms with E-state index in [0.29, 0.717) is 12.5 Å². The Bertz CT molecular complexity index is 726. The molecule has 0 aliphatic carbocycles. The lowest BCUT2D eigenvalue weighted by Gasteiger charge is -2.37. The van der Waals surface area contributed by atoms with Crippen LogP contribution in [0.15, 0.2) is 54.6 Å². The Kier molecular flexibility index (Phi) is 7.67. The molecule has 3 nitrogen and oxygen atoms in total. The SMILES string of the molecule is CCCCN1CC(C(=O)NCc2ccccc2)CC(c2ccc(CC)cc2)C1. The quantitative estimate of drug-likeness (QED) is 0.717. The van der Waals surface area contributed by atoms with Crippen LogP contribution in [-0.4, -0.2) is 30.4 Å². The molecule has 0 spiro atoms. The average molecular weight is 379 g/mol. The summed E-state index contributed by atoms with van der Waals surface area (Å²) in [4.78, 5) is 15.4. The zero-order chi connectivity index (χ0) is 19.8. The number of unbranched alkanes of at least 4 members (excludes halogenated alkanes) is 1. The minimum absolute atomic E-state index is 0.0603. The van der Waals surface area contributed by atoms with Crippen molar-refractivity contribution in [1.82, 2.24) is 10.2 Å². The number of piperidine rings is 1. The van der Waals surface area contributed by atoms with Crippen molar-refractivity contribution in [1.29, 1.82) is 0 Å². The molecule has 3 rings (SSSR count). The van der Waals surface area contributed by atoms with Gasteiger partial charge in [0.1, 0.15) is 0 Å². The molecule has 1 fully saturated rings. The summed E-state index contributed by atoms with van der Waals surface area (Å²) in [6, 6.07) is 19.2. The van der Waals surface area contributed by atoms with Crippen LogP contribution >= 0.6 is 0 Å². The minimum atomic E-state index is 0.0603.